The minimum Gasteiger partial charge on any atom is -0.376 e. The minimum atomic E-state index is -0.253. The zero-order chi connectivity index (χ0) is 21.1. The van der Waals surface area contributed by atoms with E-state index in [1.807, 2.05) is 6.92 Å². The molecule has 2 aromatic carbocycles. The molecule has 0 aliphatic rings. The fraction of sp³-hybridized carbons (Fsp3) is 0.318. The van der Waals surface area contributed by atoms with Gasteiger partial charge in [-0.3, -0.25) is 14.4 Å². The number of nitrogens with one attached hydrogen (secondary N) is 4. The molecule has 2 aromatic rings. The summed E-state index contributed by atoms with van der Waals surface area (Å²) in [4.78, 5) is 36.3. The summed E-state index contributed by atoms with van der Waals surface area (Å²) >= 11 is 0. The van der Waals surface area contributed by atoms with Gasteiger partial charge < -0.3 is 21.3 Å². The number of amides is 3. The standard InChI is InChI=1S/C22H28N4O3/c1-3-5-12-24-22(29)17-9-7-11-19(14-17)26-20(27)15-25-18-10-6-8-16(13-18)21(28)23-4-2/h6-11,13-14,25H,3-5,12,15H2,1-2H3,(H,23,28)(H,24,29)(H,26,27). The van der Waals surface area contributed by atoms with Gasteiger partial charge in [0.15, 0.2) is 0 Å². The van der Waals surface area contributed by atoms with Crippen LogP contribution in [0, 0.1) is 0 Å². The first-order valence-electron chi connectivity index (χ1n) is 9.83. The van der Waals surface area contributed by atoms with Crippen LogP contribution in [0.15, 0.2) is 48.5 Å². The smallest absolute Gasteiger partial charge is 0.251 e. The van der Waals surface area contributed by atoms with Crippen LogP contribution in [0.2, 0.25) is 0 Å². The van der Waals surface area contributed by atoms with Crippen LogP contribution in [0.25, 0.3) is 0 Å². The zero-order valence-electron chi connectivity index (χ0n) is 16.9. The summed E-state index contributed by atoms with van der Waals surface area (Å²) in [6.45, 7) is 5.13. The lowest BCUT2D eigenvalue weighted by atomic mass is 10.2. The van der Waals surface area contributed by atoms with Crippen LogP contribution in [0.5, 0.6) is 0 Å². The summed E-state index contributed by atoms with van der Waals surface area (Å²) < 4.78 is 0. The van der Waals surface area contributed by atoms with Crippen molar-refractivity contribution in [3.05, 3.63) is 59.7 Å². The maximum absolute atomic E-state index is 12.2. The van der Waals surface area contributed by atoms with Gasteiger partial charge >= 0.3 is 0 Å². The number of hydrogen-bond acceptors (Lipinski definition) is 4. The summed E-state index contributed by atoms with van der Waals surface area (Å²) in [5.74, 6) is -0.568. The van der Waals surface area contributed by atoms with Crippen molar-refractivity contribution >= 4 is 29.1 Å². The van der Waals surface area contributed by atoms with Gasteiger partial charge in [-0.25, -0.2) is 0 Å². The molecule has 0 saturated carbocycles. The molecule has 0 saturated heterocycles. The molecule has 0 atom stereocenters. The summed E-state index contributed by atoms with van der Waals surface area (Å²) in [5, 5.41) is 11.4. The molecule has 0 spiro atoms. The highest BCUT2D eigenvalue weighted by molar-refractivity contribution is 5.98. The predicted molar refractivity (Wildman–Crippen MR) is 115 cm³/mol. The normalized spacial score (nSPS) is 10.1. The molecule has 0 heterocycles. The third kappa shape index (κ3) is 7.29. The van der Waals surface area contributed by atoms with E-state index >= 15 is 0 Å². The van der Waals surface area contributed by atoms with Crippen molar-refractivity contribution in [1.29, 1.82) is 0 Å². The van der Waals surface area contributed by atoms with Gasteiger partial charge in [-0.2, -0.15) is 0 Å². The van der Waals surface area contributed by atoms with Crippen molar-refractivity contribution in [2.75, 3.05) is 30.3 Å². The molecule has 0 radical (unpaired) electrons. The second-order valence-corrected chi connectivity index (χ2v) is 6.53. The van der Waals surface area contributed by atoms with Gasteiger partial charge in [-0.05, 0) is 49.7 Å². The van der Waals surface area contributed by atoms with Gasteiger partial charge in [0, 0.05) is 35.6 Å². The highest BCUT2D eigenvalue weighted by atomic mass is 16.2. The first-order chi connectivity index (χ1) is 14.0. The second-order valence-electron chi connectivity index (χ2n) is 6.53. The van der Waals surface area contributed by atoms with Crippen LogP contribution in [0.1, 0.15) is 47.4 Å². The predicted octanol–water partition coefficient (Wildman–Crippen LogP) is 3.02. The van der Waals surface area contributed by atoms with E-state index in [-0.39, 0.29) is 24.3 Å². The average molecular weight is 396 g/mol. The SMILES string of the molecule is CCCCNC(=O)c1cccc(NC(=O)CNc2cccc(C(=O)NCC)c2)c1. The lowest BCUT2D eigenvalue weighted by molar-refractivity contribution is -0.114. The van der Waals surface area contributed by atoms with Crippen LogP contribution >= 0.6 is 0 Å². The number of hydrogen-bond donors (Lipinski definition) is 4. The Bertz CT molecular complexity index is 851. The van der Waals surface area contributed by atoms with Crippen molar-refractivity contribution in [2.45, 2.75) is 26.7 Å². The summed E-state index contributed by atoms with van der Waals surface area (Å²) in [5.41, 5.74) is 2.25. The molecule has 4 N–H and O–H groups in total. The summed E-state index contributed by atoms with van der Waals surface area (Å²) in [6.07, 6.45) is 1.94. The number of unbranched alkanes of at least 4 members (excludes halogenated alkanes) is 1. The largest absolute Gasteiger partial charge is 0.376 e. The van der Waals surface area contributed by atoms with Crippen molar-refractivity contribution in [3.63, 3.8) is 0 Å². The highest BCUT2D eigenvalue weighted by Crippen LogP contribution is 2.12. The lowest BCUT2D eigenvalue weighted by Gasteiger charge is -2.10. The fourth-order valence-electron chi connectivity index (χ4n) is 2.64. The van der Waals surface area contributed by atoms with E-state index in [9.17, 15) is 14.4 Å². The van der Waals surface area contributed by atoms with Crippen molar-refractivity contribution in [1.82, 2.24) is 10.6 Å². The number of anilines is 2. The molecule has 0 aliphatic carbocycles. The molecule has 3 amide bonds. The van der Waals surface area contributed by atoms with Gasteiger partial charge in [-0.15, -0.1) is 0 Å². The van der Waals surface area contributed by atoms with E-state index in [1.165, 1.54) is 0 Å². The number of carbonyl (C=O) groups is 3. The van der Waals surface area contributed by atoms with Gasteiger partial charge in [0.05, 0.1) is 6.54 Å². The Kier molecular flexibility index (Phi) is 8.69. The number of benzene rings is 2. The Morgan fingerprint density at radius 3 is 2.10 bits per heavy atom. The highest BCUT2D eigenvalue weighted by Gasteiger charge is 2.09. The maximum Gasteiger partial charge on any atom is 0.251 e. The molecule has 0 unspecified atom stereocenters. The van der Waals surface area contributed by atoms with Crippen LogP contribution in [-0.4, -0.2) is 37.4 Å². The van der Waals surface area contributed by atoms with Crippen LogP contribution in [0.3, 0.4) is 0 Å². The first-order valence-corrected chi connectivity index (χ1v) is 9.83. The average Bonchev–Trinajstić information content (AvgIpc) is 2.73. The molecule has 154 valence electrons. The van der Waals surface area contributed by atoms with E-state index in [0.29, 0.717) is 35.6 Å². The minimum absolute atomic E-state index is 0.0335. The van der Waals surface area contributed by atoms with Crippen molar-refractivity contribution in [2.24, 2.45) is 0 Å². The van der Waals surface area contributed by atoms with E-state index in [2.05, 4.69) is 28.2 Å². The Morgan fingerprint density at radius 1 is 0.828 bits per heavy atom. The molecular formula is C22H28N4O3. The van der Waals surface area contributed by atoms with Gasteiger partial charge in [0.2, 0.25) is 5.91 Å². The van der Waals surface area contributed by atoms with Crippen LogP contribution in [-0.2, 0) is 4.79 Å². The zero-order valence-corrected chi connectivity index (χ0v) is 16.9. The lowest BCUT2D eigenvalue weighted by Crippen LogP contribution is -2.25. The first kappa shape index (κ1) is 21.9. The van der Waals surface area contributed by atoms with Crippen LogP contribution < -0.4 is 21.3 Å². The molecular weight excluding hydrogens is 368 g/mol. The van der Waals surface area contributed by atoms with Gasteiger partial charge in [0.1, 0.15) is 0 Å². The quantitative estimate of drug-likeness (QED) is 0.464. The topological polar surface area (TPSA) is 99.3 Å². The Hall–Kier alpha value is -3.35. The van der Waals surface area contributed by atoms with E-state index in [4.69, 9.17) is 0 Å². The monoisotopic (exact) mass is 396 g/mol. The maximum atomic E-state index is 12.2. The fourth-order valence-corrected chi connectivity index (χ4v) is 2.64. The molecule has 0 aromatic heterocycles. The molecule has 7 heteroatoms. The molecule has 0 fully saturated rings. The Morgan fingerprint density at radius 2 is 1.45 bits per heavy atom. The third-order valence-corrected chi connectivity index (χ3v) is 4.14. The van der Waals surface area contributed by atoms with Gasteiger partial charge in [-0.1, -0.05) is 25.5 Å². The van der Waals surface area contributed by atoms with Crippen molar-refractivity contribution in [3.8, 4) is 0 Å². The summed E-state index contributed by atoms with van der Waals surface area (Å²) in [7, 11) is 0. The van der Waals surface area contributed by atoms with Crippen molar-refractivity contribution < 1.29 is 14.4 Å². The molecule has 2 rings (SSSR count). The van der Waals surface area contributed by atoms with E-state index in [1.54, 1.807) is 48.5 Å². The number of rotatable bonds is 10. The second kappa shape index (κ2) is 11.5. The van der Waals surface area contributed by atoms with E-state index < -0.39 is 0 Å². The molecule has 29 heavy (non-hydrogen) atoms. The van der Waals surface area contributed by atoms with Crippen LogP contribution in [0.4, 0.5) is 11.4 Å². The third-order valence-electron chi connectivity index (χ3n) is 4.14. The Labute approximate surface area is 171 Å². The summed E-state index contributed by atoms with van der Waals surface area (Å²) in [6, 6.07) is 13.8. The van der Waals surface area contributed by atoms with Gasteiger partial charge in [0.25, 0.3) is 11.8 Å². The Balaban J connectivity index is 1.90. The molecule has 0 aliphatic heterocycles. The number of carbonyl (C=O) groups excluding carboxylic acids is 3. The molecule has 0 bridgehead atoms. The van der Waals surface area contributed by atoms with E-state index in [0.717, 1.165) is 12.8 Å². The molecule has 7 nitrogen and oxygen atoms in total.